The molecule has 7 nitrogen and oxygen atoms in total. The van der Waals surface area contributed by atoms with Gasteiger partial charge in [0.25, 0.3) is 5.43 Å². The van der Waals surface area contributed by atoms with Crippen LogP contribution >= 0.6 is 0 Å². The van der Waals surface area contributed by atoms with Crippen molar-refractivity contribution in [3.63, 3.8) is 0 Å². The number of nitrogens with one attached hydrogen (secondary N) is 1. The first-order valence-electron chi connectivity index (χ1n) is 4.10. The minimum Gasteiger partial charge on any atom is -0.461 e. The summed E-state index contributed by atoms with van der Waals surface area (Å²) in [6.45, 7) is 1.78. The first-order chi connectivity index (χ1) is 7.06. The molecule has 0 fully saturated rings. The van der Waals surface area contributed by atoms with Crippen molar-refractivity contribution in [2.75, 3.05) is 6.61 Å². The molecule has 0 saturated heterocycles. The maximum atomic E-state index is 11.1. The Morgan fingerprint density at radius 2 is 2.33 bits per heavy atom. The Hall–Kier alpha value is -2.18. The Kier molecular flexibility index (Phi) is 3.17. The number of carbonyl (C=O) groups excluding carboxylic acids is 1. The molecule has 1 aromatic rings. The molecular formula is C8H8N2O5. The standard InChI is InChI=1S/C8H8N2O5/c1-2-15-8(12)5-3-7(11)6(4-9-5)10(13)14/h3-4H,2H2,1H3,(H,9,11). The van der Waals surface area contributed by atoms with Gasteiger partial charge in [0.2, 0.25) is 0 Å². The van der Waals surface area contributed by atoms with E-state index in [4.69, 9.17) is 0 Å². The van der Waals surface area contributed by atoms with Gasteiger partial charge in [-0.15, -0.1) is 0 Å². The van der Waals surface area contributed by atoms with Gasteiger partial charge in [-0.25, -0.2) is 4.79 Å². The number of aromatic nitrogens is 1. The van der Waals surface area contributed by atoms with E-state index >= 15 is 0 Å². The molecule has 0 spiro atoms. The number of nitro groups is 1. The Morgan fingerprint density at radius 3 is 2.80 bits per heavy atom. The van der Waals surface area contributed by atoms with E-state index in [9.17, 15) is 19.7 Å². The number of nitrogens with zero attached hydrogens (tertiary/aromatic N) is 1. The Morgan fingerprint density at radius 1 is 1.67 bits per heavy atom. The van der Waals surface area contributed by atoms with E-state index < -0.39 is 22.0 Å². The topological polar surface area (TPSA) is 102 Å². The second kappa shape index (κ2) is 4.36. The molecule has 1 aromatic heterocycles. The van der Waals surface area contributed by atoms with Crippen molar-refractivity contribution < 1.29 is 14.5 Å². The van der Waals surface area contributed by atoms with Crippen molar-refractivity contribution >= 4 is 11.7 Å². The molecule has 1 heterocycles. The van der Waals surface area contributed by atoms with Crippen LogP contribution in [0.3, 0.4) is 0 Å². The van der Waals surface area contributed by atoms with E-state index in [1.807, 2.05) is 0 Å². The van der Waals surface area contributed by atoms with E-state index in [1.165, 1.54) is 0 Å². The summed E-state index contributed by atoms with van der Waals surface area (Å²) in [5.41, 5.74) is -1.54. The normalized spacial score (nSPS) is 9.67. The summed E-state index contributed by atoms with van der Waals surface area (Å²) in [7, 11) is 0. The molecule has 0 radical (unpaired) electrons. The van der Waals surface area contributed by atoms with Crippen molar-refractivity contribution in [1.29, 1.82) is 0 Å². The molecule has 0 aromatic carbocycles. The Labute approximate surface area is 83.8 Å². The fourth-order valence-corrected chi connectivity index (χ4v) is 0.933. The average molecular weight is 212 g/mol. The third-order valence-corrected chi connectivity index (χ3v) is 1.58. The molecule has 0 aliphatic carbocycles. The van der Waals surface area contributed by atoms with Crippen LogP contribution in [0.2, 0.25) is 0 Å². The highest BCUT2D eigenvalue weighted by Gasteiger charge is 2.15. The zero-order valence-electron chi connectivity index (χ0n) is 7.85. The number of pyridine rings is 1. The molecule has 0 aliphatic rings. The van der Waals surface area contributed by atoms with Gasteiger partial charge in [0, 0.05) is 6.07 Å². The number of rotatable bonds is 3. The van der Waals surface area contributed by atoms with Crippen molar-refractivity contribution in [2.45, 2.75) is 6.92 Å². The van der Waals surface area contributed by atoms with Crippen molar-refractivity contribution in [1.82, 2.24) is 4.98 Å². The first-order valence-corrected chi connectivity index (χ1v) is 4.10. The molecule has 1 rings (SSSR count). The van der Waals surface area contributed by atoms with E-state index in [2.05, 4.69) is 9.72 Å². The number of aromatic amines is 1. The minimum atomic E-state index is -0.832. The highest BCUT2D eigenvalue weighted by molar-refractivity contribution is 5.87. The van der Waals surface area contributed by atoms with Gasteiger partial charge in [0.05, 0.1) is 17.7 Å². The summed E-state index contributed by atoms with van der Waals surface area (Å²) < 4.78 is 4.60. The molecule has 0 aliphatic heterocycles. The van der Waals surface area contributed by atoms with Gasteiger partial charge in [-0.1, -0.05) is 0 Å². The van der Waals surface area contributed by atoms with E-state index in [0.717, 1.165) is 12.3 Å². The molecule has 15 heavy (non-hydrogen) atoms. The lowest BCUT2D eigenvalue weighted by molar-refractivity contribution is -0.386. The van der Waals surface area contributed by atoms with Crippen LogP contribution in [0, 0.1) is 10.1 Å². The molecule has 0 bridgehead atoms. The molecule has 7 heteroatoms. The number of hydrogen-bond donors (Lipinski definition) is 1. The van der Waals surface area contributed by atoms with Crippen LogP contribution in [-0.2, 0) is 4.74 Å². The number of ether oxygens (including phenoxy) is 1. The highest BCUT2D eigenvalue weighted by Crippen LogP contribution is 2.02. The molecule has 0 amide bonds. The maximum Gasteiger partial charge on any atom is 0.354 e. The summed E-state index contributed by atoms with van der Waals surface area (Å²) >= 11 is 0. The average Bonchev–Trinajstić information content (AvgIpc) is 2.17. The molecule has 80 valence electrons. The molecule has 0 unspecified atom stereocenters. The van der Waals surface area contributed by atoms with E-state index in [-0.39, 0.29) is 12.3 Å². The number of H-pyrrole nitrogens is 1. The largest absolute Gasteiger partial charge is 0.461 e. The van der Waals surface area contributed by atoms with E-state index in [0.29, 0.717) is 0 Å². The zero-order chi connectivity index (χ0) is 11.4. The van der Waals surface area contributed by atoms with Gasteiger partial charge >= 0.3 is 11.7 Å². The van der Waals surface area contributed by atoms with Crippen LogP contribution in [-0.4, -0.2) is 22.5 Å². The number of hydrogen-bond acceptors (Lipinski definition) is 5. The monoisotopic (exact) mass is 212 g/mol. The Bertz CT molecular complexity index is 451. The lowest BCUT2D eigenvalue weighted by atomic mass is 10.3. The lowest BCUT2D eigenvalue weighted by Gasteiger charge is -2.00. The zero-order valence-corrected chi connectivity index (χ0v) is 7.85. The van der Waals surface area contributed by atoms with Gasteiger partial charge in [-0.05, 0) is 6.92 Å². The van der Waals surface area contributed by atoms with E-state index in [1.54, 1.807) is 6.92 Å². The predicted molar refractivity (Wildman–Crippen MR) is 49.7 cm³/mol. The van der Waals surface area contributed by atoms with Crippen LogP contribution in [0.1, 0.15) is 17.4 Å². The maximum absolute atomic E-state index is 11.1. The molecule has 0 saturated carbocycles. The van der Waals surface area contributed by atoms with Gasteiger partial charge in [-0.3, -0.25) is 14.9 Å². The summed E-state index contributed by atoms with van der Waals surface area (Å²) in [5, 5.41) is 10.3. The lowest BCUT2D eigenvalue weighted by Crippen LogP contribution is -2.14. The predicted octanol–water partition coefficient (Wildman–Crippen LogP) is 0.460. The van der Waals surface area contributed by atoms with Gasteiger partial charge in [0.1, 0.15) is 5.69 Å². The fraction of sp³-hybridized carbons (Fsp3) is 0.250. The van der Waals surface area contributed by atoms with Crippen molar-refractivity contribution in [3.05, 3.63) is 38.3 Å². The summed E-state index contributed by atoms with van der Waals surface area (Å²) in [4.78, 5) is 34.0. The van der Waals surface area contributed by atoms with Crippen molar-refractivity contribution in [3.8, 4) is 0 Å². The SMILES string of the molecule is CCOC(=O)c1cc(=O)c([N+](=O)[O-])c[nH]1. The Balaban J connectivity index is 3.07. The number of carbonyl (C=O) groups is 1. The molecular weight excluding hydrogens is 204 g/mol. The van der Waals surface area contributed by atoms with Crippen LogP contribution in [0.15, 0.2) is 17.1 Å². The third kappa shape index (κ3) is 2.39. The van der Waals surface area contributed by atoms with Crippen LogP contribution in [0.25, 0.3) is 0 Å². The van der Waals surface area contributed by atoms with Gasteiger partial charge < -0.3 is 9.72 Å². The fourth-order valence-electron chi connectivity index (χ4n) is 0.933. The number of esters is 1. The summed E-state index contributed by atoms with van der Waals surface area (Å²) in [5.74, 6) is -0.718. The first kappa shape index (κ1) is 10.9. The van der Waals surface area contributed by atoms with Gasteiger partial charge in [-0.2, -0.15) is 0 Å². The summed E-state index contributed by atoms with van der Waals surface area (Å²) in [6.07, 6.45) is 0.870. The molecule has 0 atom stereocenters. The smallest absolute Gasteiger partial charge is 0.354 e. The third-order valence-electron chi connectivity index (χ3n) is 1.58. The van der Waals surface area contributed by atoms with Crippen LogP contribution in [0.4, 0.5) is 5.69 Å². The van der Waals surface area contributed by atoms with Gasteiger partial charge in [0.15, 0.2) is 0 Å². The van der Waals surface area contributed by atoms with Crippen LogP contribution in [0.5, 0.6) is 0 Å². The minimum absolute atomic E-state index is 0.104. The summed E-state index contributed by atoms with van der Waals surface area (Å²) in [6, 6.07) is 0.843. The molecule has 1 N–H and O–H groups in total. The van der Waals surface area contributed by atoms with Crippen LogP contribution < -0.4 is 5.43 Å². The quantitative estimate of drug-likeness (QED) is 0.445. The highest BCUT2D eigenvalue weighted by atomic mass is 16.6. The second-order valence-corrected chi connectivity index (χ2v) is 2.57. The van der Waals surface area contributed by atoms with Crippen molar-refractivity contribution in [2.24, 2.45) is 0 Å². The second-order valence-electron chi connectivity index (χ2n) is 2.57.